The van der Waals surface area contributed by atoms with Crippen molar-refractivity contribution < 1.29 is 69.0 Å². The van der Waals surface area contributed by atoms with E-state index in [1.54, 1.807) is 0 Å². The molecule has 0 aromatic carbocycles. The molecule has 0 spiro atoms. The summed E-state index contributed by atoms with van der Waals surface area (Å²) in [5.74, 6) is -0.398. The maximum Gasteiger partial charge on any atom is 0.306 e. The first-order valence-electron chi connectivity index (χ1n) is 32.0. The zero-order valence-electron chi connectivity index (χ0n) is 50.1. The number of ether oxygens (including phenoxy) is 6. The minimum atomic E-state index is -1.72. The van der Waals surface area contributed by atoms with Gasteiger partial charge in [-0.1, -0.05) is 241 Å². The molecule has 464 valence electrons. The molecule has 7 N–H and O–H groups in total. The molecule has 2 aliphatic rings. The number of hydrogen-bond acceptors (Lipinski definition) is 14. The van der Waals surface area contributed by atoms with Crippen molar-refractivity contribution in [3.8, 4) is 0 Å². The Morgan fingerprint density at radius 1 is 0.425 bits per heavy atom. The first-order valence-corrected chi connectivity index (χ1v) is 32.0. The van der Waals surface area contributed by atoms with E-state index in [1.807, 2.05) is 0 Å². The van der Waals surface area contributed by atoms with Crippen LogP contribution >= 0.6 is 0 Å². The van der Waals surface area contributed by atoms with E-state index in [2.05, 4.69) is 86.8 Å². The van der Waals surface area contributed by atoms with Crippen molar-refractivity contribution in [2.45, 2.75) is 306 Å². The summed E-state index contributed by atoms with van der Waals surface area (Å²) in [5.41, 5.74) is 0. The largest absolute Gasteiger partial charge is 0.457 e. The Balaban J connectivity index is 1.69. The fourth-order valence-corrected chi connectivity index (χ4v) is 9.88. The zero-order chi connectivity index (χ0) is 57.9. The highest BCUT2D eigenvalue weighted by atomic mass is 16.7. The lowest BCUT2D eigenvalue weighted by molar-refractivity contribution is -0.332. The van der Waals surface area contributed by atoms with Crippen LogP contribution in [0.3, 0.4) is 0 Å². The number of allylic oxidation sites excluding steroid dienone is 12. The number of carbonyl (C=O) groups is 1. The van der Waals surface area contributed by atoms with Crippen LogP contribution in [0.4, 0.5) is 0 Å². The van der Waals surface area contributed by atoms with Crippen LogP contribution in [0.25, 0.3) is 0 Å². The van der Waals surface area contributed by atoms with Crippen LogP contribution in [-0.4, -0.2) is 142 Å². The van der Waals surface area contributed by atoms with Gasteiger partial charge in [0.2, 0.25) is 0 Å². The molecule has 2 saturated heterocycles. The van der Waals surface area contributed by atoms with Crippen molar-refractivity contribution >= 4 is 5.97 Å². The van der Waals surface area contributed by atoms with E-state index in [9.17, 15) is 40.5 Å². The van der Waals surface area contributed by atoms with Gasteiger partial charge in [-0.3, -0.25) is 4.79 Å². The molecule has 2 fully saturated rings. The maximum absolute atomic E-state index is 13.1. The Hall–Kier alpha value is -2.57. The quantitative estimate of drug-likeness (QED) is 0.0172. The number of aliphatic hydroxyl groups is 7. The van der Waals surface area contributed by atoms with Gasteiger partial charge in [0.1, 0.15) is 54.9 Å². The van der Waals surface area contributed by atoms with Crippen molar-refractivity contribution in [1.29, 1.82) is 0 Å². The molecule has 11 atom stereocenters. The highest BCUT2D eigenvalue weighted by Gasteiger charge is 2.47. The summed E-state index contributed by atoms with van der Waals surface area (Å²) in [5, 5.41) is 72.5. The molecule has 0 saturated carbocycles. The van der Waals surface area contributed by atoms with Crippen molar-refractivity contribution in [2.75, 3.05) is 33.0 Å². The van der Waals surface area contributed by atoms with E-state index in [4.69, 9.17) is 28.4 Å². The van der Waals surface area contributed by atoms with Gasteiger partial charge >= 0.3 is 5.97 Å². The van der Waals surface area contributed by atoms with Gasteiger partial charge in [-0.15, -0.1) is 0 Å². The van der Waals surface area contributed by atoms with E-state index in [-0.39, 0.29) is 19.6 Å². The van der Waals surface area contributed by atoms with Crippen LogP contribution in [0.15, 0.2) is 72.9 Å². The summed E-state index contributed by atoms with van der Waals surface area (Å²) in [6, 6.07) is 0. The smallest absolute Gasteiger partial charge is 0.306 e. The maximum atomic E-state index is 13.1. The molecule has 0 aromatic heterocycles. The third kappa shape index (κ3) is 37.6. The number of carbonyl (C=O) groups excluding carboxylic acids is 1. The summed E-state index contributed by atoms with van der Waals surface area (Å²) < 4.78 is 34.5. The number of aliphatic hydroxyl groups excluding tert-OH is 7. The number of rotatable bonds is 52. The van der Waals surface area contributed by atoms with Crippen LogP contribution in [0.2, 0.25) is 0 Å². The Morgan fingerprint density at radius 3 is 1.27 bits per heavy atom. The zero-order valence-corrected chi connectivity index (χ0v) is 50.1. The van der Waals surface area contributed by atoms with Gasteiger partial charge in [0, 0.05) is 13.0 Å². The molecule has 2 heterocycles. The predicted molar refractivity (Wildman–Crippen MR) is 321 cm³/mol. The van der Waals surface area contributed by atoms with Crippen LogP contribution in [0, 0.1) is 0 Å². The molecule has 11 unspecified atom stereocenters. The standard InChI is InChI=1S/C66H116O14/c1-3-5-7-9-11-13-15-17-19-21-23-25-27-29-31-33-35-37-39-41-43-45-47-49-58(68)78-55(53-76-65-64(74)62(72)60(70)57(80-65)54-77-66-63(73)61(71)59(69)56(51-67)79-66)52-75-50-48-46-44-42-40-38-36-34-32-30-28-26-24-22-20-18-16-14-12-10-8-6-4-2/h5,7,11,13,17,19,23,25,29,31,35,37,55-57,59-67,69-74H,3-4,6,8-10,12,14-16,18,20-22,24,26-28,30,32-34,36,38-54H2,1-2H3/b7-5-,13-11-,19-17-,25-23-,31-29-,37-35-. The summed E-state index contributed by atoms with van der Waals surface area (Å²) in [6.45, 7) is 3.58. The van der Waals surface area contributed by atoms with E-state index < -0.39 is 86.7 Å². The molecule has 0 bridgehead atoms. The molecule has 0 amide bonds. The SMILES string of the molecule is CC/C=C\C/C=C\C/C=C\C/C=C\C/C=C\C/C=C\CCCCCCC(=O)OC(COCCCCCCCCCCCCCCCCCCCCCCCCC)COC1OC(COC2OC(CO)C(O)C(O)C2O)C(O)C(O)C1O. The molecule has 0 radical (unpaired) electrons. The monoisotopic (exact) mass is 1130 g/mol. The Kier molecular flexibility index (Phi) is 47.8. The van der Waals surface area contributed by atoms with Gasteiger partial charge in [-0.05, 0) is 64.2 Å². The number of esters is 1. The molecule has 14 heteroatoms. The summed E-state index contributed by atoms with van der Waals surface area (Å²) in [4.78, 5) is 13.1. The molecule has 2 aliphatic heterocycles. The lowest BCUT2D eigenvalue weighted by Crippen LogP contribution is -2.61. The topological polar surface area (TPSA) is 214 Å². The van der Waals surface area contributed by atoms with Crippen LogP contribution in [0.1, 0.15) is 239 Å². The van der Waals surface area contributed by atoms with Crippen molar-refractivity contribution in [3.63, 3.8) is 0 Å². The number of unbranched alkanes of at least 4 members (excludes halogenated alkanes) is 26. The highest BCUT2D eigenvalue weighted by Crippen LogP contribution is 2.27. The molecular formula is C66H116O14. The molecule has 2 rings (SSSR count). The van der Waals surface area contributed by atoms with Gasteiger partial charge in [0.05, 0.1) is 26.4 Å². The van der Waals surface area contributed by atoms with Crippen LogP contribution in [0.5, 0.6) is 0 Å². The predicted octanol–water partition coefficient (Wildman–Crippen LogP) is 12.6. The van der Waals surface area contributed by atoms with E-state index in [1.165, 1.54) is 128 Å². The van der Waals surface area contributed by atoms with Crippen molar-refractivity contribution in [3.05, 3.63) is 72.9 Å². The lowest BCUT2D eigenvalue weighted by atomic mass is 9.98. The molecule has 80 heavy (non-hydrogen) atoms. The van der Waals surface area contributed by atoms with Gasteiger partial charge in [0.25, 0.3) is 0 Å². The fraction of sp³-hybridized carbons (Fsp3) is 0.803. The van der Waals surface area contributed by atoms with Crippen molar-refractivity contribution in [2.24, 2.45) is 0 Å². The Bertz CT molecular complexity index is 1600. The average Bonchev–Trinajstić information content (AvgIpc) is 3.46. The van der Waals surface area contributed by atoms with Crippen LogP contribution < -0.4 is 0 Å². The third-order valence-corrected chi connectivity index (χ3v) is 15.0. The Morgan fingerprint density at radius 2 is 0.812 bits per heavy atom. The summed E-state index contributed by atoms with van der Waals surface area (Å²) in [6.07, 6.45) is 51.1. The Labute approximate surface area is 485 Å². The second-order valence-corrected chi connectivity index (χ2v) is 22.2. The minimum Gasteiger partial charge on any atom is -0.457 e. The van der Waals surface area contributed by atoms with Gasteiger partial charge in [0.15, 0.2) is 12.6 Å². The van der Waals surface area contributed by atoms with E-state index in [0.29, 0.717) is 13.0 Å². The van der Waals surface area contributed by atoms with Crippen LogP contribution in [-0.2, 0) is 33.2 Å². The first-order chi connectivity index (χ1) is 39.1. The molecular weight excluding hydrogens is 1020 g/mol. The van der Waals surface area contributed by atoms with Gasteiger partial charge in [-0.25, -0.2) is 0 Å². The second-order valence-electron chi connectivity index (χ2n) is 22.2. The van der Waals surface area contributed by atoms with Gasteiger partial charge in [-0.2, -0.15) is 0 Å². The van der Waals surface area contributed by atoms with Crippen molar-refractivity contribution in [1.82, 2.24) is 0 Å². The first kappa shape index (κ1) is 73.5. The normalized spacial score (nSPS) is 24.3. The lowest BCUT2D eigenvalue weighted by Gasteiger charge is -2.42. The average molecular weight is 1130 g/mol. The number of hydrogen-bond donors (Lipinski definition) is 7. The highest BCUT2D eigenvalue weighted by molar-refractivity contribution is 5.69. The third-order valence-electron chi connectivity index (χ3n) is 15.0. The fourth-order valence-electron chi connectivity index (χ4n) is 9.88. The van der Waals surface area contributed by atoms with E-state index >= 15 is 0 Å². The second kappa shape index (κ2) is 52.0. The summed E-state index contributed by atoms with van der Waals surface area (Å²) >= 11 is 0. The summed E-state index contributed by atoms with van der Waals surface area (Å²) in [7, 11) is 0. The molecule has 0 aliphatic carbocycles. The molecule has 0 aromatic rings. The van der Waals surface area contributed by atoms with Gasteiger partial charge < -0.3 is 64.2 Å². The minimum absolute atomic E-state index is 0.0502. The molecule has 14 nitrogen and oxygen atoms in total. The van der Waals surface area contributed by atoms with E-state index in [0.717, 1.165) is 83.5 Å².